The molecule has 0 amide bonds. The number of hydrogen-bond donors (Lipinski definition) is 0. The average molecular weight is 323 g/mol. The van der Waals surface area contributed by atoms with Gasteiger partial charge in [0.05, 0.1) is 19.8 Å². The summed E-state index contributed by atoms with van der Waals surface area (Å²) in [5.41, 5.74) is 0.885. The summed E-state index contributed by atoms with van der Waals surface area (Å²) in [6.07, 6.45) is 1.57. The van der Waals surface area contributed by atoms with E-state index in [4.69, 9.17) is 14.2 Å². The summed E-state index contributed by atoms with van der Waals surface area (Å²) in [5.74, 6) is 0.223. The molecule has 1 rings (SSSR count). The lowest BCUT2D eigenvalue weighted by atomic mass is 10.2. The first-order valence-corrected chi connectivity index (χ1v) is 7.76. The molecule has 0 fully saturated rings. The van der Waals surface area contributed by atoms with E-state index < -0.39 is 0 Å². The normalized spacial score (nSPS) is 10.0. The van der Waals surface area contributed by atoms with Crippen LogP contribution in [0.3, 0.4) is 0 Å². The van der Waals surface area contributed by atoms with Crippen LogP contribution in [0.5, 0.6) is 5.75 Å². The van der Waals surface area contributed by atoms with Crippen LogP contribution in [-0.2, 0) is 19.1 Å². The molecule has 0 N–H and O–H groups in total. The van der Waals surface area contributed by atoms with Crippen LogP contribution in [0.15, 0.2) is 24.3 Å². The van der Waals surface area contributed by atoms with Gasteiger partial charge in [0.2, 0.25) is 0 Å². The van der Waals surface area contributed by atoms with Gasteiger partial charge in [-0.2, -0.15) is 0 Å². The van der Waals surface area contributed by atoms with E-state index in [1.165, 1.54) is 6.92 Å². The predicted molar refractivity (Wildman–Crippen MR) is 87.7 cm³/mol. The van der Waals surface area contributed by atoms with E-state index in [2.05, 4.69) is 0 Å². The molecule has 0 aromatic heterocycles. The number of hydrogen-bond acceptors (Lipinski definition) is 6. The van der Waals surface area contributed by atoms with E-state index in [9.17, 15) is 9.59 Å². The van der Waals surface area contributed by atoms with E-state index >= 15 is 0 Å². The first kappa shape index (κ1) is 18.8. The minimum absolute atomic E-state index is 0.194. The van der Waals surface area contributed by atoms with Crippen molar-refractivity contribution in [3.05, 3.63) is 24.3 Å². The van der Waals surface area contributed by atoms with Crippen LogP contribution in [0.4, 0.5) is 5.69 Å². The fourth-order valence-corrected chi connectivity index (χ4v) is 1.91. The van der Waals surface area contributed by atoms with Crippen molar-refractivity contribution in [3.8, 4) is 5.75 Å². The zero-order valence-corrected chi connectivity index (χ0v) is 14.0. The number of ether oxygens (including phenoxy) is 3. The molecule has 0 spiro atoms. The minimum Gasteiger partial charge on any atom is -0.494 e. The van der Waals surface area contributed by atoms with Gasteiger partial charge in [0.1, 0.15) is 12.3 Å². The third-order valence-corrected chi connectivity index (χ3v) is 3.04. The van der Waals surface area contributed by atoms with Crippen LogP contribution >= 0.6 is 0 Å². The van der Waals surface area contributed by atoms with Gasteiger partial charge in [0.15, 0.2) is 0 Å². The summed E-state index contributed by atoms with van der Waals surface area (Å²) in [5, 5.41) is 0. The molecule has 0 unspecified atom stereocenters. The second-order valence-corrected chi connectivity index (χ2v) is 5.05. The van der Waals surface area contributed by atoms with E-state index in [-0.39, 0.29) is 18.5 Å². The van der Waals surface area contributed by atoms with Crippen molar-refractivity contribution in [2.45, 2.75) is 26.7 Å². The molecule has 0 aliphatic heterocycles. The number of unbranched alkanes of at least 4 members (excludes halogenated alkanes) is 1. The van der Waals surface area contributed by atoms with Crippen molar-refractivity contribution in [1.29, 1.82) is 0 Å². The van der Waals surface area contributed by atoms with Gasteiger partial charge < -0.3 is 19.1 Å². The van der Waals surface area contributed by atoms with Crippen LogP contribution in [-0.4, -0.2) is 45.4 Å². The fraction of sp³-hybridized carbons (Fsp3) is 0.529. The first-order chi connectivity index (χ1) is 11.0. The molecule has 0 radical (unpaired) electrons. The van der Waals surface area contributed by atoms with Crippen molar-refractivity contribution >= 4 is 17.6 Å². The lowest BCUT2D eigenvalue weighted by Gasteiger charge is -2.19. The number of nitrogens with zero attached hydrogens (tertiary/aromatic N) is 1. The van der Waals surface area contributed by atoms with Gasteiger partial charge in [-0.1, -0.05) is 6.07 Å². The number of rotatable bonds is 10. The molecule has 1 aromatic rings. The van der Waals surface area contributed by atoms with Gasteiger partial charge >= 0.3 is 11.9 Å². The van der Waals surface area contributed by atoms with E-state index in [0.29, 0.717) is 19.8 Å². The Labute approximate surface area is 137 Å². The number of anilines is 1. The molecular formula is C17H25NO5. The molecule has 0 saturated carbocycles. The topological polar surface area (TPSA) is 65.1 Å². The van der Waals surface area contributed by atoms with Crippen LogP contribution in [0.2, 0.25) is 0 Å². The molecule has 0 bridgehead atoms. The Morgan fingerprint density at radius 2 is 1.87 bits per heavy atom. The molecule has 0 heterocycles. The number of esters is 2. The summed E-state index contributed by atoms with van der Waals surface area (Å²) >= 11 is 0. The first-order valence-electron chi connectivity index (χ1n) is 7.76. The number of carbonyl (C=O) groups excluding carboxylic acids is 2. The predicted octanol–water partition coefficient (Wildman–Crippen LogP) is 2.41. The van der Waals surface area contributed by atoms with Gasteiger partial charge in [0, 0.05) is 25.7 Å². The van der Waals surface area contributed by atoms with Gasteiger partial charge in [-0.3, -0.25) is 9.59 Å². The molecule has 6 heteroatoms. The highest BCUT2D eigenvalue weighted by molar-refractivity contribution is 5.75. The monoisotopic (exact) mass is 323 g/mol. The highest BCUT2D eigenvalue weighted by Crippen LogP contribution is 2.20. The van der Waals surface area contributed by atoms with Crippen LogP contribution in [0.25, 0.3) is 0 Å². The molecule has 128 valence electrons. The Kier molecular flexibility index (Phi) is 8.57. The highest BCUT2D eigenvalue weighted by Gasteiger charge is 2.08. The molecule has 0 aliphatic rings. The Bertz CT molecular complexity index is 504. The number of benzene rings is 1. The van der Waals surface area contributed by atoms with E-state index in [0.717, 1.165) is 24.3 Å². The Hall–Kier alpha value is -2.24. The standard InChI is InChI=1S/C17H25NO5/c1-4-21-17(20)13-18(3)15-8-7-9-16(12-15)23-11-6-5-10-22-14(2)19/h7-9,12H,4-6,10-11,13H2,1-3H3. The van der Waals surface area contributed by atoms with E-state index in [1.807, 2.05) is 36.2 Å². The zero-order chi connectivity index (χ0) is 17.1. The Morgan fingerprint density at radius 3 is 2.57 bits per heavy atom. The number of likely N-dealkylation sites (N-methyl/N-ethyl adjacent to an activating group) is 1. The van der Waals surface area contributed by atoms with Gasteiger partial charge in [-0.25, -0.2) is 0 Å². The lowest BCUT2D eigenvalue weighted by molar-refractivity contribution is -0.142. The Balaban J connectivity index is 2.37. The smallest absolute Gasteiger partial charge is 0.325 e. The summed E-state index contributed by atoms with van der Waals surface area (Å²) in [6.45, 7) is 4.72. The van der Waals surface area contributed by atoms with Gasteiger partial charge in [-0.15, -0.1) is 0 Å². The fourth-order valence-electron chi connectivity index (χ4n) is 1.91. The molecule has 23 heavy (non-hydrogen) atoms. The maximum atomic E-state index is 11.5. The molecule has 0 aliphatic carbocycles. The maximum Gasteiger partial charge on any atom is 0.325 e. The SMILES string of the molecule is CCOC(=O)CN(C)c1cccc(OCCCCOC(C)=O)c1. The summed E-state index contributed by atoms with van der Waals surface area (Å²) < 4.78 is 15.5. The summed E-state index contributed by atoms with van der Waals surface area (Å²) in [7, 11) is 1.83. The van der Waals surface area contributed by atoms with Gasteiger partial charge in [-0.05, 0) is 31.9 Å². The Morgan fingerprint density at radius 1 is 1.13 bits per heavy atom. The molecule has 6 nitrogen and oxygen atoms in total. The van der Waals surface area contributed by atoms with Crippen molar-refractivity contribution in [1.82, 2.24) is 0 Å². The molecule has 1 aromatic carbocycles. The molecular weight excluding hydrogens is 298 g/mol. The quantitative estimate of drug-likeness (QED) is 0.487. The third-order valence-electron chi connectivity index (χ3n) is 3.04. The minimum atomic E-state index is -0.261. The molecule has 0 saturated heterocycles. The lowest BCUT2D eigenvalue weighted by Crippen LogP contribution is -2.27. The van der Waals surface area contributed by atoms with Gasteiger partial charge in [0.25, 0.3) is 0 Å². The van der Waals surface area contributed by atoms with E-state index in [1.54, 1.807) is 6.92 Å². The second kappa shape index (κ2) is 10.5. The summed E-state index contributed by atoms with van der Waals surface area (Å²) in [6, 6.07) is 7.54. The van der Waals surface area contributed by atoms with Crippen molar-refractivity contribution in [2.75, 3.05) is 38.3 Å². The zero-order valence-electron chi connectivity index (χ0n) is 14.0. The van der Waals surface area contributed by atoms with Crippen molar-refractivity contribution in [2.24, 2.45) is 0 Å². The van der Waals surface area contributed by atoms with Crippen LogP contribution in [0.1, 0.15) is 26.7 Å². The van der Waals surface area contributed by atoms with Crippen molar-refractivity contribution in [3.63, 3.8) is 0 Å². The van der Waals surface area contributed by atoms with Crippen LogP contribution < -0.4 is 9.64 Å². The maximum absolute atomic E-state index is 11.5. The van der Waals surface area contributed by atoms with Crippen molar-refractivity contribution < 1.29 is 23.8 Å². The summed E-state index contributed by atoms with van der Waals surface area (Å²) in [4.78, 5) is 23.9. The van der Waals surface area contributed by atoms with Crippen LogP contribution in [0, 0.1) is 0 Å². The third kappa shape index (κ3) is 8.09. The number of carbonyl (C=O) groups is 2. The second-order valence-electron chi connectivity index (χ2n) is 5.05. The highest BCUT2D eigenvalue weighted by atomic mass is 16.5. The average Bonchev–Trinajstić information content (AvgIpc) is 2.51. The largest absolute Gasteiger partial charge is 0.494 e. The molecule has 0 atom stereocenters.